The second kappa shape index (κ2) is 8.53. The van der Waals surface area contributed by atoms with Gasteiger partial charge in [-0.3, -0.25) is 4.79 Å². The van der Waals surface area contributed by atoms with E-state index in [2.05, 4.69) is 44.3 Å². The number of ether oxygens (including phenoxy) is 1. The Labute approximate surface area is 196 Å². The third kappa shape index (κ3) is 4.01. The van der Waals surface area contributed by atoms with Crippen LogP contribution in [-0.2, 0) is 0 Å². The standard InChI is InChI=1S/C24H26FN7O2/c1-13-9-31(10-14(2)27-13)19-6-5-17(21-22(19)26-8-20(30-21)34-4)24(33)29-16-7-18(25)23-28-15(3)11-32(23)12-16/h5-8,11-14,27H,9-10H2,1-4H3,(H,29,33)/t13-,14+. The summed E-state index contributed by atoms with van der Waals surface area (Å²) in [5.74, 6) is -0.631. The van der Waals surface area contributed by atoms with E-state index in [4.69, 9.17) is 4.74 Å². The van der Waals surface area contributed by atoms with Crippen LogP contribution in [0.15, 0.2) is 36.8 Å². The molecule has 0 bridgehead atoms. The molecule has 1 aliphatic rings. The molecule has 0 unspecified atom stereocenters. The molecule has 1 saturated heterocycles. The molecule has 1 amide bonds. The van der Waals surface area contributed by atoms with Crippen molar-refractivity contribution in [2.45, 2.75) is 32.9 Å². The highest BCUT2D eigenvalue weighted by Crippen LogP contribution is 2.30. The van der Waals surface area contributed by atoms with Crippen molar-refractivity contribution in [3.05, 3.63) is 53.9 Å². The van der Waals surface area contributed by atoms with Crippen molar-refractivity contribution >= 4 is 34.0 Å². The van der Waals surface area contributed by atoms with E-state index in [1.165, 1.54) is 13.2 Å². The van der Waals surface area contributed by atoms with Gasteiger partial charge in [-0.2, -0.15) is 0 Å². The minimum Gasteiger partial charge on any atom is -0.480 e. The SMILES string of the molecule is COc1cnc2c(N3C[C@@H](C)N[C@@H](C)C3)ccc(C(=O)Nc3cc(F)c4nc(C)cn4c3)c2n1. The first-order valence-corrected chi connectivity index (χ1v) is 11.1. The molecular formula is C24H26FN7O2. The number of nitrogens with one attached hydrogen (secondary N) is 2. The second-order valence-electron chi connectivity index (χ2n) is 8.76. The minimum atomic E-state index is -0.519. The van der Waals surface area contributed by atoms with E-state index in [1.54, 1.807) is 36.0 Å². The number of pyridine rings is 1. The van der Waals surface area contributed by atoms with Gasteiger partial charge in [0.1, 0.15) is 11.0 Å². The molecule has 2 N–H and O–H groups in total. The van der Waals surface area contributed by atoms with Crippen molar-refractivity contribution in [1.29, 1.82) is 0 Å². The average Bonchev–Trinajstić information content (AvgIpc) is 3.18. The number of hydrogen-bond acceptors (Lipinski definition) is 7. The second-order valence-corrected chi connectivity index (χ2v) is 8.76. The normalized spacial score (nSPS) is 18.4. The van der Waals surface area contributed by atoms with Gasteiger partial charge < -0.3 is 24.7 Å². The highest BCUT2D eigenvalue weighted by molar-refractivity contribution is 6.13. The quantitative estimate of drug-likeness (QED) is 0.480. The van der Waals surface area contributed by atoms with Gasteiger partial charge in [-0.1, -0.05) is 0 Å². The predicted octanol–water partition coefficient (Wildman–Crippen LogP) is 3.17. The molecule has 5 rings (SSSR count). The molecule has 1 aliphatic heterocycles. The Morgan fingerprint density at radius 2 is 1.94 bits per heavy atom. The van der Waals surface area contributed by atoms with E-state index in [1.807, 2.05) is 6.07 Å². The predicted molar refractivity (Wildman–Crippen MR) is 128 cm³/mol. The summed E-state index contributed by atoms with van der Waals surface area (Å²) in [5.41, 5.74) is 3.47. The van der Waals surface area contributed by atoms with Crippen molar-refractivity contribution in [1.82, 2.24) is 24.7 Å². The molecule has 2 atom stereocenters. The number of rotatable bonds is 4. The number of aromatic nitrogens is 4. The maximum absolute atomic E-state index is 14.5. The van der Waals surface area contributed by atoms with Crippen LogP contribution in [0.4, 0.5) is 15.8 Å². The number of imidazole rings is 1. The molecule has 0 spiro atoms. The van der Waals surface area contributed by atoms with Crippen LogP contribution in [0.25, 0.3) is 16.7 Å². The number of halogens is 1. The van der Waals surface area contributed by atoms with E-state index in [-0.39, 0.29) is 5.65 Å². The molecule has 4 aromatic rings. The molecule has 0 aliphatic carbocycles. The first-order chi connectivity index (χ1) is 16.3. The number of carbonyl (C=O) groups excluding carboxylic acids is 1. The summed E-state index contributed by atoms with van der Waals surface area (Å²) in [6.45, 7) is 7.67. The highest BCUT2D eigenvalue weighted by atomic mass is 19.1. The lowest BCUT2D eigenvalue weighted by atomic mass is 10.1. The Hall–Kier alpha value is -3.79. The average molecular weight is 464 g/mol. The van der Waals surface area contributed by atoms with Crippen LogP contribution < -0.4 is 20.3 Å². The Bertz CT molecular complexity index is 1390. The van der Waals surface area contributed by atoms with Gasteiger partial charge >= 0.3 is 0 Å². The van der Waals surface area contributed by atoms with E-state index >= 15 is 0 Å². The molecule has 3 aromatic heterocycles. The number of fused-ring (bicyclic) bond motifs is 2. The minimum absolute atomic E-state index is 0.209. The summed E-state index contributed by atoms with van der Waals surface area (Å²) in [7, 11) is 1.50. The zero-order valence-electron chi connectivity index (χ0n) is 19.5. The van der Waals surface area contributed by atoms with Gasteiger partial charge in [0.2, 0.25) is 5.88 Å². The maximum atomic E-state index is 14.5. The molecular weight excluding hydrogens is 437 g/mol. The number of piperazine rings is 1. The van der Waals surface area contributed by atoms with Gasteiger partial charge in [-0.25, -0.2) is 19.3 Å². The zero-order chi connectivity index (χ0) is 24.0. The smallest absolute Gasteiger partial charge is 0.257 e. The van der Waals surface area contributed by atoms with Gasteiger partial charge in [0.15, 0.2) is 11.5 Å². The van der Waals surface area contributed by atoms with Crippen LogP contribution in [-0.4, -0.2) is 57.5 Å². The van der Waals surface area contributed by atoms with Gasteiger partial charge in [-0.15, -0.1) is 0 Å². The number of methoxy groups -OCH3 is 1. The lowest BCUT2D eigenvalue weighted by Gasteiger charge is -2.38. The number of benzene rings is 1. The first kappa shape index (κ1) is 22.0. The fourth-order valence-corrected chi connectivity index (χ4v) is 4.57. The Kier molecular flexibility index (Phi) is 5.52. The maximum Gasteiger partial charge on any atom is 0.257 e. The number of carbonyl (C=O) groups is 1. The third-order valence-electron chi connectivity index (χ3n) is 5.89. The number of anilines is 2. The number of hydrogen-bond donors (Lipinski definition) is 2. The van der Waals surface area contributed by atoms with E-state index in [0.29, 0.717) is 45.9 Å². The largest absolute Gasteiger partial charge is 0.480 e. The Morgan fingerprint density at radius 1 is 1.18 bits per heavy atom. The molecule has 0 radical (unpaired) electrons. The fourth-order valence-electron chi connectivity index (χ4n) is 4.57. The van der Waals surface area contributed by atoms with Crippen molar-refractivity contribution in [3.63, 3.8) is 0 Å². The third-order valence-corrected chi connectivity index (χ3v) is 5.89. The number of amides is 1. The topological polar surface area (TPSA) is 96.7 Å². The van der Waals surface area contributed by atoms with Crippen LogP contribution in [0.3, 0.4) is 0 Å². The van der Waals surface area contributed by atoms with Crippen molar-refractivity contribution in [2.24, 2.45) is 0 Å². The Balaban J connectivity index is 1.54. The number of aryl methyl sites for hydroxylation is 1. The zero-order valence-corrected chi connectivity index (χ0v) is 19.5. The number of nitrogens with zero attached hydrogens (tertiary/aromatic N) is 5. The lowest BCUT2D eigenvalue weighted by Crippen LogP contribution is -2.54. The molecule has 4 heterocycles. The van der Waals surface area contributed by atoms with Crippen LogP contribution in [0, 0.1) is 12.7 Å². The molecule has 9 nitrogen and oxygen atoms in total. The molecule has 1 fully saturated rings. The Morgan fingerprint density at radius 3 is 2.68 bits per heavy atom. The molecule has 0 saturated carbocycles. The summed E-state index contributed by atoms with van der Waals surface area (Å²) in [4.78, 5) is 28.8. The molecule has 176 valence electrons. The monoisotopic (exact) mass is 463 g/mol. The molecule has 1 aromatic carbocycles. The van der Waals surface area contributed by atoms with Crippen molar-refractivity contribution < 1.29 is 13.9 Å². The van der Waals surface area contributed by atoms with Crippen LogP contribution in [0.5, 0.6) is 5.88 Å². The van der Waals surface area contributed by atoms with Gasteiger partial charge in [-0.05, 0) is 32.9 Å². The summed E-state index contributed by atoms with van der Waals surface area (Å²) in [5, 5.41) is 6.31. The van der Waals surface area contributed by atoms with E-state index in [9.17, 15) is 9.18 Å². The van der Waals surface area contributed by atoms with Crippen molar-refractivity contribution in [2.75, 3.05) is 30.4 Å². The van der Waals surface area contributed by atoms with Crippen LogP contribution in [0.1, 0.15) is 29.9 Å². The van der Waals surface area contributed by atoms with E-state index < -0.39 is 11.7 Å². The van der Waals surface area contributed by atoms with Crippen molar-refractivity contribution in [3.8, 4) is 5.88 Å². The molecule has 10 heteroatoms. The van der Waals surface area contributed by atoms with Gasteiger partial charge in [0.25, 0.3) is 5.91 Å². The lowest BCUT2D eigenvalue weighted by molar-refractivity contribution is 0.102. The summed E-state index contributed by atoms with van der Waals surface area (Å²) in [6, 6.07) is 5.50. The first-order valence-electron chi connectivity index (χ1n) is 11.1. The molecule has 34 heavy (non-hydrogen) atoms. The highest BCUT2D eigenvalue weighted by Gasteiger charge is 2.25. The summed E-state index contributed by atoms with van der Waals surface area (Å²) < 4.78 is 21.3. The fraction of sp³-hybridized carbons (Fsp3) is 0.333. The van der Waals surface area contributed by atoms with Gasteiger partial charge in [0.05, 0.1) is 35.9 Å². The van der Waals surface area contributed by atoms with E-state index in [0.717, 1.165) is 18.8 Å². The van der Waals surface area contributed by atoms with Crippen LogP contribution >= 0.6 is 0 Å². The summed E-state index contributed by atoms with van der Waals surface area (Å²) >= 11 is 0. The van der Waals surface area contributed by atoms with Gasteiger partial charge in [0, 0.05) is 43.6 Å². The summed E-state index contributed by atoms with van der Waals surface area (Å²) in [6.07, 6.45) is 4.87. The van der Waals surface area contributed by atoms with Crippen LogP contribution in [0.2, 0.25) is 0 Å².